The van der Waals surface area contributed by atoms with Crippen molar-refractivity contribution in [3.63, 3.8) is 0 Å². The fourth-order valence-corrected chi connectivity index (χ4v) is 3.09. The summed E-state index contributed by atoms with van der Waals surface area (Å²) in [4.78, 5) is 1.26. The third-order valence-electron chi connectivity index (χ3n) is 2.79. The molecule has 0 amide bonds. The van der Waals surface area contributed by atoms with Gasteiger partial charge in [-0.25, -0.2) is 4.39 Å². The second-order valence-corrected chi connectivity index (χ2v) is 5.92. The lowest BCUT2D eigenvalue weighted by Gasteiger charge is -2.18. The molecule has 0 aliphatic carbocycles. The summed E-state index contributed by atoms with van der Waals surface area (Å²) in [6.45, 7) is 2.86. The summed E-state index contributed by atoms with van der Waals surface area (Å²) in [5.74, 6) is -0.167. The number of thiophene rings is 1. The van der Waals surface area contributed by atoms with Gasteiger partial charge in [0.2, 0.25) is 0 Å². The number of halogens is 2. The Morgan fingerprint density at radius 1 is 1.33 bits per heavy atom. The summed E-state index contributed by atoms with van der Waals surface area (Å²) in [5.41, 5.74) is 0.722. The van der Waals surface area contributed by atoms with Crippen molar-refractivity contribution in [2.75, 3.05) is 6.54 Å². The molecule has 0 aliphatic heterocycles. The smallest absolute Gasteiger partial charge is 0.142 e. The van der Waals surface area contributed by atoms with Gasteiger partial charge in [-0.15, -0.1) is 11.3 Å². The maximum atomic E-state index is 14.1. The maximum Gasteiger partial charge on any atom is 0.142 e. The third kappa shape index (κ3) is 3.19. The van der Waals surface area contributed by atoms with Gasteiger partial charge in [0.05, 0.1) is 4.47 Å². The normalized spacial score (nSPS) is 12.6. The first-order valence-electron chi connectivity index (χ1n) is 5.92. The van der Waals surface area contributed by atoms with E-state index in [1.54, 1.807) is 17.4 Å². The molecule has 0 aliphatic rings. The molecule has 1 atom stereocenters. The second kappa shape index (κ2) is 6.45. The molecule has 0 saturated heterocycles. The molecular weight excluding hydrogens is 313 g/mol. The van der Waals surface area contributed by atoms with Crippen LogP contribution in [0.1, 0.15) is 23.4 Å². The summed E-state index contributed by atoms with van der Waals surface area (Å²) < 4.78 is 14.6. The van der Waals surface area contributed by atoms with Gasteiger partial charge in [0.15, 0.2) is 0 Å². The van der Waals surface area contributed by atoms with Gasteiger partial charge in [0, 0.05) is 22.9 Å². The minimum atomic E-state index is -0.167. The van der Waals surface area contributed by atoms with Crippen LogP contribution in [0, 0.1) is 5.82 Å². The molecule has 18 heavy (non-hydrogen) atoms. The Morgan fingerprint density at radius 2 is 2.17 bits per heavy atom. The highest BCUT2D eigenvalue weighted by Gasteiger charge is 2.17. The van der Waals surface area contributed by atoms with Crippen molar-refractivity contribution >= 4 is 27.3 Å². The molecule has 1 unspecified atom stereocenters. The fourth-order valence-electron chi connectivity index (χ4n) is 1.96. The average molecular weight is 328 g/mol. The summed E-state index contributed by atoms with van der Waals surface area (Å²) in [7, 11) is 0. The van der Waals surface area contributed by atoms with Crippen LogP contribution in [-0.4, -0.2) is 6.54 Å². The monoisotopic (exact) mass is 327 g/mol. The van der Waals surface area contributed by atoms with Crippen molar-refractivity contribution in [2.24, 2.45) is 0 Å². The third-order valence-corrected chi connectivity index (χ3v) is 4.30. The average Bonchev–Trinajstić information content (AvgIpc) is 2.85. The zero-order valence-corrected chi connectivity index (χ0v) is 12.5. The fraction of sp³-hybridized carbons (Fsp3) is 0.286. The Kier molecular flexibility index (Phi) is 4.92. The summed E-state index contributed by atoms with van der Waals surface area (Å²) in [6.07, 6.45) is 0.818. The van der Waals surface area contributed by atoms with E-state index >= 15 is 0 Å². The molecule has 1 nitrogen and oxygen atoms in total. The van der Waals surface area contributed by atoms with Crippen molar-refractivity contribution in [2.45, 2.75) is 19.4 Å². The van der Waals surface area contributed by atoms with Crippen molar-refractivity contribution in [3.05, 3.63) is 56.4 Å². The van der Waals surface area contributed by atoms with E-state index < -0.39 is 0 Å². The van der Waals surface area contributed by atoms with Crippen LogP contribution in [0.2, 0.25) is 0 Å². The SMILES string of the molecule is CCNC(Cc1cccs1)c1cccc(Br)c1F. The number of benzene rings is 1. The molecule has 0 radical (unpaired) electrons. The molecule has 96 valence electrons. The van der Waals surface area contributed by atoms with Gasteiger partial charge in [0.1, 0.15) is 5.82 Å². The molecule has 0 saturated carbocycles. The molecule has 1 aromatic carbocycles. The molecule has 1 N–H and O–H groups in total. The number of hydrogen-bond acceptors (Lipinski definition) is 2. The van der Waals surface area contributed by atoms with E-state index in [1.807, 2.05) is 25.1 Å². The Labute approximate surface area is 119 Å². The van der Waals surface area contributed by atoms with Gasteiger partial charge >= 0.3 is 0 Å². The van der Waals surface area contributed by atoms with Gasteiger partial charge < -0.3 is 5.32 Å². The lowest BCUT2D eigenvalue weighted by Crippen LogP contribution is -2.23. The Bertz CT molecular complexity index is 499. The highest BCUT2D eigenvalue weighted by atomic mass is 79.9. The first kappa shape index (κ1) is 13.7. The highest BCUT2D eigenvalue weighted by molar-refractivity contribution is 9.10. The second-order valence-electron chi connectivity index (χ2n) is 4.04. The van der Waals surface area contributed by atoms with E-state index in [2.05, 4.69) is 32.7 Å². The molecule has 2 aromatic rings. The van der Waals surface area contributed by atoms with Crippen LogP contribution in [0.4, 0.5) is 4.39 Å². The predicted molar refractivity (Wildman–Crippen MR) is 78.5 cm³/mol. The van der Waals surface area contributed by atoms with Gasteiger partial charge in [-0.2, -0.15) is 0 Å². The Hall–Kier alpha value is -0.710. The van der Waals surface area contributed by atoms with Gasteiger partial charge in [-0.05, 0) is 40.0 Å². The maximum absolute atomic E-state index is 14.1. The van der Waals surface area contributed by atoms with Crippen LogP contribution in [0.15, 0.2) is 40.2 Å². The lowest BCUT2D eigenvalue weighted by atomic mass is 10.0. The standard InChI is InChI=1S/C14H15BrFNS/c1-2-17-13(9-10-5-4-8-18-10)11-6-3-7-12(15)14(11)16/h3-8,13,17H,2,9H2,1H3. The number of hydrogen-bond donors (Lipinski definition) is 1. The Balaban J connectivity index is 2.26. The van der Waals surface area contributed by atoms with E-state index in [0.717, 1.165) is 18.5 Å². The van der Waals surface area contributed by atoms with Gasteiger partial charge in [-0.3, -0.25) is 0 Å². The van der Waals surface area contributed by atoms with Crippen LogP contribution in [-0.2, 0) is 6.42 Å². The zero-order valence-electron chi connectivity index (χ0n) is 10.1. The summed E-state index contributed by atoms with van der Waals surface area (Å²) in [6, 6.07) is 9.59. The topological polar surface area (TPSA) is 12.0 Å². The predicted octanol–water partition coefficient (Wildman–Crippen LogP) is 4.54. The molecule has 4 heteroatoms. The molecule has 1 heterocycles. The van der Waals surface area contributed by atoms with Crippen molar-refractivity contribution in [1.29, 1.82) is 0 Å². The molecule has 0 fully saturated rings. The van der Waals surface area contributed by atoms with Gasteiger partial charge in [-0.1, -0.05) is 25.1 Å². The van der Waals surface area contributed by atoms with Crippen LogP contribution < -0.4 is 5.32 Å². The summed E-state index contributed by atoms with van der Waals surface area (Å²) in [5, 5.41) is 5.40. The zero-order chi connectivity index (χ0) is 13.0. The highest BCUT2D eigenvalue weighted by Crippen LogP contribution is 2.27. The first-order valence-corrected chi connectivity index (χ1v) is 7.59. The van der Waals surface area contributed by atoms with Crippen LogP contribution in [0.5, 0.6) is 0 Å². The van der Waals surface area contributed by atoms with Crippen molar-refractivity contribution < 1.29 is 4.39 Å². The van der Waals surface area contributed by atoms with Crippen LogP contribution >= 0.6 is 27.3 Å². The number of likely N-dealkylation sites (N-methyl/N-ethyl adjacent to an activating group) is 1. The molecule has 2 rings (SSSR count). The molecular formula is C14H15BrFNS. The largest absolute Gasteiger partial charge is 0.310 e. The molecule has 0 spiro atoms. The first-order chi connectivity index (χ1) is 8.72. The minimum absolute atomic E-state index is 0.0196. The number of rotatable bonds is 5. The minimum Gasteiger partial charge on any atom is -0.310 e. The van der Waals surface area contributed by atoms with Crippen LogP contribution in [0.25, 0.3) is 0 Å². The van der Waals surface area contributed by atoms with E-state index in [0.29, 0.717) is 4.47 Å². The molecule has 1 aromatic heterocycles. The lowest BCUT2D eigenvalue weighted by molar-refractivity contribution is 0.510. The van der Waals surface area contributed by atoms with Gasteiger partial charge in [0.25, 0.3) is 0 Å². The quantitative estimate of drug-likeness (QED) is 0.849. The van der Waals surface area contributed by atoms with E-state index in [-0.39, 0.29) is 11.9 Å². The van der Waals surface area contributed by atoms with Crippen molar-refractivity contribution in [3.8, 4) is 0 Å². The molecule has 0 bridgehead atoms. The van der Waals surface area contributed by atoms with Crippen molar-refractivity contribution in [1.82, 2.24) is 5.32 Å². The Morgan fingerprint density at radius 3 is 2.83 bits per heavy atom. The van der Waals surface area contributed by atoms with E-state index in [9.17, 15) is 4.39 Å². The number of nitrogens with one attached hydrogen (secondary N) is 1. The van der Waals surface area contributed by atoms with Crippen LogP contribution in [0.3, 0.4) is 0 Å². The van der Waals surface area contributed by atoms with E-state index in [1.165, 1.54) is 4.88 Å². The van der Waals surface area contributed by atoms with E-state index in [4.69, 9.17) is 0 Å². The summed E-state index contributed by atoms with van der Waals surface area (Å²) >= 11 is 4.95.